The summed E-state index contributed by atoms with van der Waals surface area (Å²) >= 11 is 0. The lowest BCUT2D eigenvalue weighted by Crippen LogP contribution is -2.36. The van der Waals surface area contributed by atoms with Crippen molar-refractivity contribution in [2.75, 3.05) is 0 Å². The van der Waals surface area contributed by atoms with Crippen LogP contribution in [0.4, 0.5) is 0 Å². The van der Waals surface area contributed by atoms with Crippen LogP contribution in [0.1, 0.15) is 226 Å². The summed E-state index contributed by atoms with van der Waals surface area (Å²) in [6.45, 7) is 8.18. The molecule has 1 rings (SSSR count). The predicted octanol–water partition coefficient (Wildman–Crippen LogP) is 14.5. The van der Waals surface area contributed by atoms with E-state index in [1.54, 1.807) is 0 Å². The monoisotopic (exact) mass is 599 g/mol. The molecule has 0 unspecified atom stereocenters. The van der Waals surface area contributed by atoms with E-state index in [2.05, 4.69) is 55.9 Å². The Hall–Kier alpha value is -0.850. The van der Waals surface area contributed by atoms with E-state index in [1.165, 1.54) is 212 Å². The Morgan fingerprint density at radius 1 is 0.326 bits per heavy atom. The van der Waals surface area contributed by atoms with Crippen molar-refractivity contribution >= 4 is 0 Å². The Kier molecular flexibility index (Phi) is 29.1. The third-order valence-corrected chi connectivity index (χ3v) is 10.4. The fourth-order valence-corrected chi connectivity index (χ4v) is 7.31. The van der Waals surface area contributed by atoms with Crippen molar-refractivity contribution in [3.05, 3.63) is 30.6 Å². The van der Waals surface area contributed by atoms with E-state index in [1.807, 2.05) is 0 Å². The fourth-order valence-electron chi connectivity index (χ4n) is 7.31. The zero-order chi connectivity index (χ0) is 30.9. The van der Waals surface area contributed by atoms with Crippen LogP contribution in [-0.4, -0.2) is 0 Å². The van der Waals surface area contributed by atoms with E-state index in [4.69, 9.17) is 0 Å². The number of nitrogens with zero attached hydrogens (tertiary/aromatic N) is 1. The molecule has 0 bridgehead atoms. The summed E-state index contributed by atoms with van der Waals surface area (Å²) in [6.07, 6.45) is 51.0. The summed E-state index contributed by atoms with van der Waals surface area (Å²) in [5, 5.41) is 0. The number of unbranched alkanes of at least 4 members (excludes halogenated alkanes) is 25. The first-order valence-corrected chi connectivity index (χ1v) is 20.2. The first-order valence-electron chi connectivity index (χ1n) is 20.2. The minimum atomic E-state index is 0.561. The van der Waals surface area contributed by atoms with Crippen molar-refractivity contribution in [1.29, 1.82) is 0 Å². The molecule has 43 heavy (non-hydrogen) atoms. The predicted molar refractivity (Wildman–Crippen MR) is 194 cm³/mol. The van der Waals surface area contributed by atoms with Crippen molar-refractivity contribution in [2.45, 2.75) is 233 Å². The number of aromatic nitrogens is 1. The summed E-state index contributed by atoms with van der Waals surface area (Å²) in [4.78, 5) is 0. The first-order chi connectivity index (χ1) is 21.3. The second-order valence-corrected chi connectivity index (χ2v) is 14.5. The molecule has 0 radical (unpaired) electrons. The quantitative estimate of drug-likeness (QED) is 0.0549. The van der Waals surface area contributed by atoms with Crippen LogP contribution in [-0.2, 0) is 6.54 Å². The lowest BCUT2D eigenvalue weighted by atomic mass is 9.71. The van der Waals surface area contributed by atoms with Crippen LogP contribution < -0.4 is 4.57 Å². The summed E-state index contributed by atoms with van der Waals surface area (Å²) in [7, 11) is 0. The van der Waals surface area contributed by atoms with Crippen molar-refractivity contribution in [3.8, 4) is 0 Å². The molecule has 1 aromatic heterocycles. The molecule has 1 nitrogen and oxygen atoms in total. The van der Waals surface area contributed by atoms with Crippen LogP contribution in [0.5, 0.6) is 0 Å². The van der Waals surface area contributed by atoms with Crippen molar-refractivity contribution in [2.24, 2.45) is 5.41 Å². The highest BCUT2D eigenvalue weighted by Crippen LogP contribution is 2.41. The molecular weight excluding hydrogens is 518 g/mol. The summed E-state index contributed by atoms with van der Waals surface area (Å²) in [5.74, 6) is 0. The van der Waals surface area contributed by atoms with E-state index in [0.717, 1.165) is 0 Å². The lowest BCUT2D eigenvalue weighted by molar-refractivity contribution is -0.699. The Morgan fingerprint density at radius 3 is 0.907 bits per heavy atom. The van der Waals surface area contributed by atoms with Crippen LogP contribution in [0.25, 0.3) is 0 Å². The van der Waals surface area contributed by atoms with Gasteiger partial charge in [-0.25, -0.2) is 4.57 Å². The minimum Gasteiger partial charge on any atom is -0.205 e. The summed E-state index contributed by atoms with van der Waals surface area (Å²) in [5.41, 5.74) is 0.561. The van der Waals surface area contributed by atoms with Crippen LogP contribution in [0.15, 0.2) is 30.6 Å². The third-order valence-electron chi connectivity index (χ3n) is 10.4. The SMILES string of the molecule is CCCCCCCCCCCCCCC(CCCCCCCCCC)(CCCCCCCCCC)CC[n+]1ccccc1. The van der Waals surface area contributed by atoms with E-state index < -0.39 is 0 Å². The van der Waals surface area contributed by atoms with E-state index >= 15 is 0 Å². The molecule has 0 amide bonds. The van der Waals surface area contributed by atoms with Crippen molar-refractivity contribution in [3.63, 3.8) is 0 Å². The smallest absolute Gasteiger partial charge is 0.168 e. The Bertz CT molecular complexity index is 632. The molecule has 252 valence electrons. The van der Waals surface area contributed by atoms with Crippen molar-refractivity contribution in [1.82, 2.24) is 0 Å². The van der Waals surface area contributed by atoms with Gasteiger partial charge in [0.2, 0.25) is 0 Å². The number of pyridine rings is 1. The standard InChI is InChI=1S/C42H80N/c1-4-7-10-13-16-19-20-21-22-25-28-32-37-42(38-41-43-39-33-29-34-40-43,35-30-26-23-17-14-11-8-5-2)36-31-27-24-18-15-12-9-6-3/h29,33-34,39-40H,4-28,30-32,35-38,41H2,1-3H3/q+1. The average molecular weight is 599 g/mol. The van der Waals surface area contributed by atoms with Gasteiger partial charge in [-0.1, -0.05) is 207 Å². The number of aryl methyl sites for hydroxylation is 1. The topological polar surface area (TPSA) is 3.88 Å². The first kappa shape index (κ1) is 40.2. The zero-order valence-corrected chi connectivity index (χ0v) is 30.2. The van der Waals surface area contributed by atoms with Gasteiger partial charge in [0.15, 0.2) is 12.4 Å². The van der Waals surface area contributed by atoms with Gasteiger partial charge < -0.3 is 0 Å². The van der Waals surface area contributed by atoms with Gasteiger partial charge in [0.05, 0.1) is 0 Å². The molecule has 0 saturated carbocycles. The Morgan fingerprint density at radius 2 is 0.605 bits per heavy atom. The van der Waals surface area contributed by atoms with Crippen LogP contribution in [0.3, 0.4) is 0 Å². The van der Waals surface area contributed by atoms with Gasteiger partial charge in [0, 0.05) is 18.6 Å². The molecule has 0 aromatic carbocycles. The number of hydrogen-bond donors (Lipinski definition) is 0. The second kappa shape index (κ2) is 31.1. The average Bonchev–Trinajstić information content (AvgIpc) is 3.03. The van der Waals surface area contributed by atoms with Crippen molar-refractivity contribution < 1.29 is 4.57 Å². The van der Waals surface area contributed by atoms with Crippen LogP contribution >= 0.6 is 0 Å². The molecule has 0 fully saturated rings. The molecule has 0 aliphatic heterocycles. The molecule has 0 saturated heterocycles. The maximum atomic E-state index is 2.46. The largest absolute Gasteiger partial charge is 0.205 e. The van der Waals surface area contributed by atoms with Gasteiger partial charge >= 0.3 is 0 Å². The third kappa shape index (κ3) is 25.1. The van der Waals surface area contributed by atoms with Gasteiger partial charge in [0.1, 0.15) is 6.54 Å². The summed E-state index contributed by atoms with van der Waals surface area (Å²) in [6, 6.07) is 6.59. The highest BCUT2D eigenvalue weighted by molar-refractivity contribution is 4.84. The number of hydrogen-bond acceptors (Lipinski definition) is 0. The molecule has 1 heterocycles. The molecule has 1 aromatic rings. The van der Waals surface area contributed by atoms with Crippen LogP contribution in [0.2, 0.25) is 0 Å². The van der Waals surface area contributed by atoms with E-state index in [0.29, 0.717) is 5.41 Å². The zero-order valence-electron chi connectivity index (χ0n) is 30.2. The lowest BCUT2D eigenvalue weighted by Gasteiger charge is -2.34. The normalized spacial score (nSPS) is 11.9. The molecular formula is C42H80N+. The maximum Gasteiger partial charge on any atom is 0.168 e. The minimum absolute atomic E-state index is 0.561. The number of rotatable bonds is 34. The van der Waals surface area contributed by atoms with Gasteiger partial charge in [-0.3, -0.25) is 0 Å². The van der Waals surface area contributed by atoms with Gasteiger partial charge in [0.25, 0.3) is 0 Å². The molecule has 0 aliphatic carbocycles. The van der Waals surface area contributed by atoms with E-state index in [9.17, 15) is 0 Å². The highest BCUT2D eigenvalue weighted by Gasteiger charge is 2.30. The molecule has 0 spiro atoms. The van der Waals surface area contributed by atoms with Gasteiger partial charge in [-0.2, -0.15) is 0 Å². The van der Waals surface area contributed by atoms with Crippen LogP contribution in [0, 0.1) is 5.41 Å². The highest BCUT2D eigenvalue weighted by atomic mass is 14.9. The Balaban J connectivity index is 2.57. The second-order valence-electron chi connectivity index (χ2n) is 14.5. The van der Waals surface area contributed by atoms with Gasteiger partial charge in [-0.15, -0.1) is 0 Å². The van der Waals surface area contributed by atoms with E-state index in [-0.39, 0.29) is 0 Å². The fraction of sp³-hybridized carbons (Fsp3) is 0.881. The molecule has 0 N–H and O–H groups in total. The molecule has 1 heteroatoms. The van der Waals surface area contributed by atoms with Gasteiger partial charge in [-0.05, 0) is 24.7 Å². The maximum absolute atomic E-state index is 2.46. The molecule has 0 aliphatic rings. The summed E-state index contributed by atoms with van der Waals surface area (Å²) < 4.78 is 2.46. The Labute approximate surface area is 272 Å². The molecule has 0 atom stereocenters.